The Kier molecular flexibility index (Phi) is 5.44. The Labute approximate surface area is 174 Å². The van der Waals surface area contributed by atoms with Gasteiger partial charge in [-0.3, -0.25) is 14.2 Å². The van der Waals surface area contributed by atoms with E-state index in [0.717, 1.165) is 17.4 Å². The van der Waals surface area contributed by atoms with Crippen LogP contribution in [0.2, 0.25) is 0 Å². The van der Waals surface area contributed by atoms with E-state index in [4.69, 9.17) is 4.74 Å². The van der Waals surface area contributed by atoms with Crippen molar-refractivity contribution in [2.45, 2.75) is 32.2 Å². The van der Waals surface area contributed by atoms with Gasteiger partial charge >= 0.3 is 5.69 Å². The Bertz CT molecular complexity index is 1210. The predicted molar refractivity (Wildman–Crippen MR) is 115 cm³/mol. The first kappa shape index (κ1) is 19.9. The molecule has 0 radical (unpaired) electrons. The summed E-state index contributed by atoms with van der Waals surface area (Å²) in [4.78, 5) is 42.0. The van der Waals surface area contributed by atoms with Crippen molar-refractivity contribution in [1.29, 1.82) is 0 Å². The second-order valence-electron chi connectivity index (χ2n) is 7.47. The number of ether oxygens (including phenoxy) is 1. The van der Waals surface area contributed by atoms with Crippen LogP contribution >= 0.6 is 0 Å². The standard InChI is InChI=1S/C23H25N3O4/c1-3-19(22(28)24-13-6-7-14-24)26-20-12-5-4-11-18(20)21(27)25(23(26)29)16-9-8-10-17(15-16)30-2/h4-5,8-12,15,19H,3,6-7,13-14H2,1-2H3/t19-/m0/s1. The van der Waals surface area contributed by atoms with Crippen LogP contribution in [-0.2, 0) is 4.79 Å². The predicted octanol–water partition coefficient (Wildman–Crippen LogP) is 2.73. The van der Waals surface area contributed by atoms with Gasteiger partial charge in [0.1, 0.15) is 11.8 Å². The molecule has 2 aromatic carbocycles. The topological polar surface area (TPSA) is 73.5 Å². The summed E-state index contributed by atoms with van der Waals surface area (Å²) in [6, 6.07) is 13.1. The third-order valence-electron chi connectivity index (χ3n) is 5.71. The zero-order chi connectivity index (χ0) is 21.3. The molecule has 0 spiro atoms. The second kappa shape index (κ2) is 8.18. The van der Waals surface area contributed by atoms with Gasteiger partial charge in [0, 0.05) is 19.2 Å². The maximum Gasteiger partial charge on any atom is 0.336 e. The molecule has 0 saturated carbocycles. The van der Waals surface area contributed by atoms with Crippen molar-refractivity contribution in [1.82, 2.24) is 14.0 Å². The van der Waals surface area contributed by atoms with Crippen molar-refractivity contribution < 1.29 is 9.53 Å². The van der Waals surface area contributed by atoms with Gasteiger partial charge in [-0.25, -0.2) is 9.36 Å². The molecule has 1 saturated heterocycles. The molecule has 4 rings (SSSR count). The van der Waals surface area contributed by atoms with Crippen LogP contribution in [0, 0.1) is 0 Å². The lowest BCUT2D eigenvalue weighted by Crippen LogP contribution is -2.45. The van der Waals surface area contributed by atoms with Gasteiger partial charge in [-0.1, -0.05) is 25.1 Å². The van der Waals surface area contributed by atoms with Crippen molar-refractivity contribution in [3.05, 3.63) is 69.4 Å². The van der Waals surface area contributed by atoms with Crippen molar-refractivity contribution in [3.63, 3.8) is 0 Å². The van der Waals surface area contributed by atoms with Gasteiger partial charge in [-0.15, -0.1) is 0 Å². The third kappa shape index (κ3) is 3.30. The van der Waals surface area contributed by atoms with Crippen LogP contribution in [0.4, 0.5) is 0 Å². The minimum atomic E-state index is -0.669. The Morgan fingerprint density at radius 2 is 1.80 bits per heavy atom. The van der Waals surface area contributed by atoms with Crippen LogP contribution in [0.3, 0.4) is 0 Å². The molecule has 2 heterocycles. The highest BCUT2D eigenvalue weighted by Crippen LogP contribution is 2.22. The lowest BCUT2D eigenvalue weighted by Gasteiger charge is -2.25. The monoisotopic (exact) mass is 407 g/mol. The number of carbonyl (C=O) groups is 1. The maximum absolute atomic E-state index is 13.6. The van der Waals surface area contributed by atoms with Crippen LogP contribution in [-0.4, -0.2) is 40.1 Å². The smallest absolute Gasteiger partial charge is 0.336 e. The maximum atomic E-state index is 13.6. The van der Waals surface area contributed by atoms with Crippen LogP contribution in [0.5, 0.6) is 5.75 Å². The van der Waals surface area contributed by atoms with Crippen molar-refractivity contribution in [3.8, 4) is 11.4 Å². The number of amides is 1. The fourth-order valence-electron chi connectivity index (χ4n) is 4.18. The van der Waals surface area contributed by atoms with Gasteiger partial charge in [-0.2, -0.15) is 0 Å². The fourth-order valence-corrected chi connectivity index (χ4v) is 4.18. The van der Waals surface area contributed by atoms with Crippen LogP contribution in [0.25, 0.3) is 16.6 Å². The second-order valence-corrected chi connectivity index (χ2v) is 7.47. The summed E-state index contributed by atoms with van der Waals surface area (Å²) >= 11 is 0. The molecule has 3 aromatic rings. The molecule has 1 aliphatic rings. The zero-order valence-electron chi connectivity index (χ0n) is 17.2. The van der Waals surface area contributed by atoms with E-state index in [9.17, 15) is 14.4 Å². The van der Waals surface area contributed by atoms with E-state index >= 15 is 0 Å². The number of benzene rings is 2. The highest BCUT2D eigenvalue weighted by Gasteiger charge is 2.29. The fraction of sp³-hybridized carbons (Fsp3) is 0.348. The molecular weight excluding hydrogens is 382 g/mol. The number of para-hydroxylation sites is 1. The first-order valence-electron chi connectivity index (χ1n) is 10.3. The summed E-state index contributed by atoms with van der Waals surface area (Å²) in [5.41, 5.74) is -0.0479. The molecule has 30 heavy (non-hydrogen) atoms. The van der Waals surface area contributed by atoms with Crippen LogP contribution in [0.15, 0.2) is 58.1 Å². The van der Waals surface area contributed by atoms with E-state index in [1.54, 1.807) is 48.5 Å². The molecule has 1 fully saturated rings. The highest BCUT2D eigenvalue weighted by molar-refractivity contribution is 5.85. The van der Waals surface area contributed by atoms with Crippen molar-refractivity contribution in [2.75, 3.05) is 20.2 Å². The summed E-state index contributed by atoms with van der Waals surface area (Å²) in [6.45, 7) is 3.30. The van der Waals surface area contributed by atoms with E-state index in [2.05, 4.69) is 0 Å². The molecular formula is C23H25N3O4. The summed E-state index contributed by atoms with van der Waals surface area (Å²) in [7, 11) is 1.53. The van der Waals surface area contributed by atoms with Crippen LogP contribution in [0.1, 0.15) is 32.2 Å². The number of hydrogen-bond donors (Lipinski definition) is 0. The molecule has 1 aromatic heterocycles. The third-order valence-corrected chi connectivity index (χ3v) is 5.71. The van der Waals surface area contributed by atoms with Crippen molar-refractivity contribution in [2.24, 2.45) is 0 Å². The quantitative estimate of drug-likeness (QED) is 0.652. The molecule has 0 unspecified atom stereocenters. The normalized spacial score (nSPS) is 14.8. The zero-order valence-corrected chi connectivity index (χ0v) is 17.2. The minimum absolute atomic E-state index is 0.0712. The van der Waals surface area contributed by atoms with Crippen LogP contribution < -0.4 is 16.0 Å². The Balaban J connectivity index is 2.00. The number of fused-ring (bicyclic) bond motifs is 1. The first-order chi connectivity index (χ1) is 14.6. The lowest BCUT2D eigenvalue weighted by molar-refractivity contribution is -0.133. The highest BCUT2D eigenvalue weighted by atomic mass is 16.5. The molecule has 1 aliphatic heterocycles. The SMILES string of the molecule is CC[C@@H](C(=O)N1CCCC1)n1c(=O)n(-c2cccc(OC)c2)c(=O)c2ccccc21. The average molecular weight is 407 g/mol. The summed E-state index contributed by atoms with van der Waals surface area (Å²) in [5.74, 6) is 0.469. The number of nitrogens with zero attached hydrogens (tertiary/aromatic N) is 3. The molecule has 156 valence electrons. The van der Waals surface area contributed by atoms with E-state index in [-0.39, 0.29) is 5.91 Å². The van der Waals surface area contributed by atoms with Gasteiger partial charge < -0.3 is 9.64 Å². The van der Waals surface area contributed by atoms with E-state index in [1.165, 1.54) is 11.7 Å². The summed E-state index contributed by atoms with van der Waals surface area (Å²) in [6.07, 6.45) is 2.40. The number of methoxy groups -OCH3 is 1. The lowest BCUT2D eigenvalue weighted by atomic mass is 10.1. The molecule has 7 heteroatoms. The van der Waals surface area contributed by atoms with Crippen molar-refractivity contribution >= 4 is 16.8 Å². The Morgan fingerprint density at radius 1 is 1.07 bits per heavy atom. The van der Waals surface area contributed by atoms with Gasteiger partial charge in [0.05, 0.1) is 23.7 Å². The minimum Gasteiger partial charge on any atom is -0.497 e. The van der Waals surface area contributed by atoms with E-state index in [0.29, 0.717) is 41.9 Å². The van der Waals surface area contributed by atoms with E-state index < -0.39 is 17.3 Å². The number of hydrogen-bond acceptors (Lipinski definition) is 4. The number of carbonyl (C=O) groups excluding carboxylic acids is 1. The van der Waals surface area contributed by atoms with Gasteiger partial charge in [0.2, 0.25) is 5.91 Å². The van der Waals surface area contributed by atoms with Gasteiger partial charge in [-0.05, 0) is 43.5 Å². The Hall–Kier alpha value is -3.35. The molecule has 0 N–H and O–H groups in total. The molecule has 0 bridgehead atoms. The number of aromatic nitrogens is 2. The molecule has 1 atom stereocenters. The van der Waals surface area contributed by atoms with Gasteiger partial charge in [0.25, 0.3) is 5.56 Å². The Morgan fingerprint density at radius 3 is 2.50 bits per heavy atom. The molecule has 1 amide bonds. The first-order valence-corrected chi connectivity index (χ1v) is 10.3. The summed E-state index contributed by atoms with van der Waals surface area (Å²) in [5, 5.41) is 0.396. The number of likely N-dealkylation sites (tertiary alicyclic amines) is 1. The number of rotatable bonds is 5. The van der Waals surface area contributed by atoms with Gasteiger partial charge in [0.15, 0.2) is 0 Å². The molecule has 7 nitrogen and oxygen atoms in total. The average Bonchev–Trinajstić information content (AvgIpc) is 3.31. The van der Waals surface area contributed by atoms with E-state index in [1.807, 2.05) is 11.8 Å². The largest absolute Gasteiger partial charge is 0.497 e. The molecule has 0 aliphatic carbocycles. The summed E-state index contributed by atoms with van der Waals surface area (Å²) < 4.78 is 7.88.